The van der Waals surface area contributed by atoms with Crippen LogP contribution in [0.4, 0.5) is 5.69 Å². The Morgan fingerprint density at radius 3 is 2.45 bits per heavy atom. The van der Waals surface area contributed by atoms with Crippen LogP contribution >= 0.6 is 15.9 Å². The van der Waals surface area contributed by atoms with Gasteiger partial charge in [0, 0.05) is 16.0 Å². The molecule has 2 aromatic carbocycles. The fraction of sp³-hybridized carbons (Fsp3) is 0.455. The number of anilines is 1. The predicted octanol–water partition coefficient (Wildman–Crippen LogP) is 3.89. The highest BCUT2D eigenvalue weighted by Crippen LogP contribution is 2.59. The van der Waals surface area contributed by atoms with E-state index in [1.165, 1.54) is 7.11 Å². The van der Waals surface area contributed by atoms with Gasteiger partial charge >= 0.3 is 0 Å². The fourth-order valence-corrected chi connectivity index (χ4v) is 9.06. The Kier molecular flexibility index (Phi) is 4.95. The third-order valence-electron chi connectivity index (χ3n) is 6.94. The smallest absolute Gasteiger partial charge is 0.264 e. The minimum absolute atomic E-state index is 0.0925. The van der Waals surface area contributed by atoms with Gasteiger partial charge in [0.2, 0.25) is 0 Å². The van der Waals surface area contributed by atoms with E-state index in [0.717, 1.165) is 22.9 Å². The Hall–Kier alpha value is -1.58. The summed E-state index contributed by atoms with van der Waals surface area (Å²) < 4.78 is 60.3. The monoisotopic (exact) mass is 525 g/mol. The SMILES string of the molecule is COc1cccc(S(=O)(=O)N2c3ccc(Br)cc3C3(CCS(=O)(=O)CC3)C2C2CC2)c1. The molecule has 166 valence electrons. The van der Waals surface area contributed by atoms with Crippen LogP contribution in [0.3, 0.4) is 0 Å². The van der Waals surface area contributed by atoms with E-state index in [0.29, 0.717) is 24.3 Å². The lowest BCUT2D eigenvalue weighted by molar-refractivity contribution is 0.308. The second-order valence-corrected chi connectivity index (χ2v) is 13.8. The molecule has 9 heteroatoms. The summed E-state index contributed by atoms with van der Waals surface area (Å²) >= 11 is 3.54. The number of halogens is 1. The van der Waals surface area contributed by atoms with Crippen molar-refractivity contribution in [2.75, 3.05) is 22.9 Å². The van der Waals surface area contributed by atoms with Gasteiger partial charge in [-0.1, -0.05) is 22.0 Å². The largest absolute Gasteiger partial charge is 0.497 e. The molecule has 2 aromatic rings. The lowest BCUT2D eigenvalue weighted by Crippen LogP contribution is -2.52. The molecule has 3 aliphatic rings. The summed E-state index contributed by atoms with van der Waals surface area (Å²) in [6.07, 6.45) is 2.81. The number of fused-ring (bicyclic) bond motifs is 2. The zero-order valence-electron chi connectivity index (χ0n) is 17.1. The summed E-state index contributed by atoms with van der Waals surface area (Å²) in [5.41, 5.74) is 1.12. The second-order valence-electron chi connectivity index (χ2n) is 8.73. The molecule has 1 unspecified atom stereocenters. The van der Waals surface area contributed by atoms with Crippen molar-refractivity contribution in [2.24, 2.45) is 5.92 Å². The van der Waals surface area contributed by atoms with Crippen LogP contribution in [0, 0.1) is 5.92 Å². The number of ether oxygens (including phenoxy) is 1. The van der Waals surface area contributed by atoms with Gasteiger partial charge < -0.3 is 4.74 Å². The number of sulfonamides is 1. The highest BCUT2D eigenvalue weighted by atomic mass is 79.9. The lowest BCUT2D eigenvalue weighted by atomic mass is 9.70. The molecule has 1 atom stereocenters. The van der Waals surface area contributed by atoms with E-state index in [2.05, 4.69) is 15.9 Å². The molecular formula is C22H24BrNO5S2. The van der Waals surface area contributed by atoms with E-state index in [1.807, 2.05) is 18.2 Å². The normalized spacial score (nSPS) is 24.2. The Morgan fingerprint density at radius 2 is 1.81 bits per heavy atom. The fourth-order valence-electron chi connectivity index (χ4n) is 5.31. The van der Waals surface area contributed by atoms with Crippen molar-refractivity contribution in [2.45, 2.75) is 42.0 Å². The summed E-state index contributed by atoms with van der Waals surface area (Å²) in [6.45, 7) is 0. The first-order valence-electron chi connectivity index (χ1n) is 10.4. The van der Waals surface area contributed by atoms with Gasteiger partial charge in [-0.25, -0.2) is 16.8 Å². The molecule has 5 rings (SSSR count). The van der Waals surface area contributed by atoms with E-state index in [9.17, 15) is 16.8 Å². The molecule has 0 N–H and O–H groups in total. The van der Waals surface area contributed by atoms with Crippen LogP contribution in [-0.2, 0) is 25.3 Å². The molecule has 1 spiro atoms. The highest BCUT2D eigenvalue weighted by Gasteiger charge is 2.60. The van der Waals surface area contributed by atoms with Gasteiger partial charge in [0.1, 0.15) is 15.6 Å². The molecule has 0 bridgehead atoms. The zero-order valence-corrected chi connectivity index (χ0v) is 20.3. The second kappa shape index (κ2) is 7.22. The van der Waals surface area contributed by atoms with Gasteiger partial charge in [0.05, 0.1) is 35.2 Å². The number of benzene rings is 2. The third kappa shape index (κ3) is 3.40. The number of rotatable bonds is 4. The van der Waals surface area contributed by atoms with Crippen molar-refractivity contribution in [3.8, 4) is 5.75 Å². The molecule has 0 amide bonds. The van der Waals surface area contributed by atoms with Crippen molar-refractivity contribution in [1.29, 1.82) is 0 Å². The maximum Gasteiger partial charge on any atom is 0.264 e. The summed E-state index contributed by atoms with van der Waals surface area (Å²) in [4.78, 5) is 0.187. The van der Waals surface area contributed by atoms with Gasteiger partial charge in [0.15, 0.2) is 0 Å². The Bertz CT molecular complexity index is 1240. The minimum Gasteiger partial charge on any atom is -0.497 e. The van der Waals surface area contributed by atoms with Crippen molar-refractivity contribution in [3.63, 3.8) is 0 Å². The Labute approximate surface area is 191 Å². The molecular weight excluding hydrogens is 502 g/mol. The molecule has 0 radical (unpaired) electrons. The molecule has 6 nitrogen and oxygen atoms in total. The maximum absolute atomic E-state index is 14.0. The quantitative estimate of drug-likeness (QED) is 0.604. The van der Waals surface area contributed by atoms with Crippen LogP contribution in [0.5, 0.6) is 5.75 Å². The van der Waals surface area contributed by atoms with Crippen LogP contribution < -0.4 is 9.04 Å². The third-order valence-corrected chi connectivity index (χ3v) is 10.9. The van der Waals surface area contributed by atoms with Gasteiger partial charge in [0.25, 0.3) is 10.0 Å². The van der Waals surface area contributed by atoms with Gasteiger partial charge in [-0.2, -0.15) is 0 Å². The highest BCUT2D eigenvalue weighted by molar-refractivity contribution is 9.10. The van der Waals surface area contributed by atoms with Crippen LogP contribution in [0.1, 0.15) is 31.2 Å². The molecule has 0 aromatic heterocycles. The summed E-state index contributed by atoms with van der Waals surface area (Å²) in [5.74, 6) is 0.898. The summed E-state index contributed by atoms with van der Waals surface area (Å²) in [6, 6.07) is 12.0. The first kappa shape index (κ1) is 21.3. The summed E-state index contributed by atoms with van der Waals surface area (Å²) in [5, 5.41) is 0. The van der Waals surface area contributed by atoms with Gasteiger partial charge in [-0.05, 0) is 67.5 Å². The molecule has 2 heterocycles. The minimum atomic E-state index is -3.87. The van der Waals surface area contributed by atoms with E-state index in [4.69, 9.17) is 4.74 Å². The van der Waals surface area contributed by atoms with Crippen molar-refractivity contribution in [1.82, 2.24) is 0 Å². The molecule has 1 saturated carbocycles. The first-order valence-corrected chi connectivity index (χ1v) is 14.4. The summed E-state index contributed by atoms with van der Waals surface area (Å²) in [7, 11) is -5.45. The van der Waals surface area contributed by atoms with Crippen molar-refractivity contribution in [3.05, 3.63) is 52.5 Å². The van der Waals surface area contributed by atoms with Crippen LogP contribution in [-0.4, -0.2) is 41.5 Å². The van der Waals surface area contributed by atoms with Crippen LogP contribution in [0.25, 0.3) is 0 Å². The van der Waals surface area contributed by atoms with Crippen LogP contribution in [0.2, 0.25) is 0 Å². The molecule has 1 saturated heterocycles. The lowest BCUT2D eigenvalue weighted by Gasteiger charge is -2.41. The van der Waals surface area contributed by atoms with E-state index >= 15 is 0 Å². The molecule has 2 aliphatic heterocycles. The topological polar surface area (TPSA) is 80.8 Å². The number of sulfone groups is 1. The van der Waals surface area contributed by atoms with E-state index < -0.39 is 25.3 Å². The predicted molar refractivity (Wildman–Crippen MR) is 123 cm³/mol. The maximum atomic E-state index is 14.0. The number of methoxy groups -OCH3 is 1. The van der Waals surface area contributed by atoms with Crippen molar-refractivity contribution >= 4 is 41.5 Å². The number of hydrogen-bond acceptors (Lipinski definition) is 5. The molecule has 2 fully saturated rings. The molecule has 1 aliphatic carbocycles. The standard InChI is InChI=1S/C22H24BrNO5S2/c1-29-17-3-2-4-18(14-17)31(27,28)24-20-8-7-16(23)13-19(20)22(21(24)15-5-6-15)9-11-30(25,26)12-10-22/h2-4,7-8,13-15,21H,5-6,9-12H2,1H3. The first-order chi connectivity index (χ1) is 14.7. The van der Waals surface area contributed by atoms with E-state index in [-0.39, 0.29) is 28.4 Å². The number of nitrogens with zero attached hydrogens (tertiary/aromatic N) is 1. The number of hydrogen-bond donors (Lipinski definition) is 0. The van der Waals surface area contributed by atoms with Crippen molar-refractivity contribution < 1.29 is 21.6 Å². The average molecular weight is 526 g/mol. The zero-order chi connectivity index (χ0) is 22.0. The Morgan fingerprint density at radius 1 is 1.10 bits per heavy atom. The van der Waals surface area contributed by atoms with E-state index in [1.54, 1.807) is 28.6 Å². The van der Waals surface area contributed by atoms with Gasteiger partial charge in [-0.15, -0.1) is 0 Å². The van der Waals surface area contributed by atoms with Crippen LogP contribution in [0.15, 0.2) is 51.8 Å². The van der Waals surface area contributed by atoms with Gasteiger partial charge in [-0.3, -0.25) is 4.31 Å². The Balaban J connectivity index is 1.71. The average Bonchev–Trinajstić information content (AvgIpc) is 3.54. The molecule has 31 heavy (non-hydrogen) atoms.